The van der Waals surface area contributed by atoms with Gasteiger partial charge >= 0.3 is 0 Å². The molecule has 2 aromatic heterocycles. The van der Waals surface area contributed by atoms with Crippen molar-refractivity contribution in [2.45, 2.75) is 27.4 Å². The van der Waals surface area contributed by atoms with Crippen LogP contribution in [0.4, 0.5) is 5.69 Å². The lowest BCUT2D eigenvalue weighted by molar-refractivity contribution is 0.102. The minimum absolute atomic E-state index is 0.255. The van der Waals surface area contributed by atoms with Crippen LogP contribution in [0, 0.1) is 20.8 Å². The summed E-state index contributed by atoms with van der Waals surface area (Å²) in [6, 6.07) is 14.5. The van der Waals surface area contributed by atoms with Crippen molar-refractivity contribution in [2.24, 2.45) is 0 Å². The van der Waals surface area contributed by atoms with E-state index in [0.29, 0.717) is 28.7 Å². The number of rotatable bonds is 6. The molecule has 7 nitrogen and oxygen atoms in total. The van der Waals surface area contributed by atoms with Crippen molar-refractivity contribution in [2.75, 3.05) is 5.32 Å². The van der Waals surface area contributed by atoms with E-state index in [1.807, 2.05) is 44.2 Å². The summed E-state index contributed by atoms with van der Waals surface area (Å²) in [5.74, 6) is 1.55. The molecule has 0 bridgehead atoms. The Bertz CT molecular complexity index is 1160. The van der Waals surface area contributed by atoms with Crippen molar-refractivity contribution in [1.29, 1.82) is 0 Å². The predicted octanol–water partition coefficient (Wildman–Crippen LogP) is 5.09. The zero-order valence-corrected chi connectivity index (χ0v) is 16.9. The maximum absolute atomic E-state index is 12.8. The Morgan fingerprint density at radius 1 is 1.07 bits per heavy atom. The lowest BCUT2D eigenvalue weighted by atomic mass is 10.1. The SMILES string of the molecule is Cc1nc(-c2ccc(NC(=O)c3ccccc3OCc3c(C)noc3C)cc2)co1. The van der Waals surface area contributed by atoms with Crippen LogP contribution in [0.3, 0.4) is 0 Å². The van der Waals surface area contributed by atoms with Crippen molar-refractivity contribution >= 4 is 11.6 Å². The second-order valence-corrected chi connectivity index (χ2v) is 6.87. The van der Waals surface area contributed by atoms with Gasteiger partial charge in [0.15, 0.2) is 5.89 Å². The molecule has 2 aromatic carbocycles. The first-order valence-corrected chi connectivity index (χ1v) is 9.49. The number of ether oxygens (including phenoxy) is 1. The van der Waals surface area contributed by atoms with Gasteiger partial charge < -0.3 is 19.0 Å². The number of anilines is 1. The Hall–Kier alpha value is -3.87. The molecule has 0 unspecified atom stereocenters. The number of aryl methyl sites for hydroxylation is 3. The number of carbonyl (C=O) groups is 1. The van der Waals surface area contributed by atoms with Crippen molar-refractivity contribution < 1.29 is 18.5 Å². The van der Waals surface area contributed by atoms with Gasteiger partial charge in [-0.05, 0) is 38.1 Å². The molecule has 0 atom stereocenters. The first-order valence-electron chi connectivity index (χ1n) is 9.49. The quantitative estimate of drug-likeness (QED) is 0.482. The smallest absolute Gasteiger partial charge is 0.259 e. The van der Waals surface area contributed by atoms with Crippen LogP contribution < -0.4 is 10.1 Å². The standard InChI is InChI=1S/C23H21N3O4/c1-14-20(15(2)30-26-14)12-29-22-7-5-4-6-19(22)23(27)25-18-10-8-17(9-11-18)21-13-28-16(3)24-21/h4-11,13H,12H2,1-3H3,(H,25,27). The van der Waals surface area contributed by atoms with E-state index < -0.39 is 0 Å². The number of benzene rings is 2. The first kappa shape index (κ1) is 19.4. The number of hydrogen-bond acceptors (Lipinski definition) is 6. The van der Waals surface area contributed by atoms with E-state index in [2.05, 4.69) is 15.5 Å². The molecule has 30 heavy (non-hydrogen) atoms. The number of carbonyl (C=O) groups excluding carboxylic acids is 1. The zero-order valence-electron chi connectivity index (χ0n) is 16.9. The highest BCUT2D eigenvalue weighted by atomic mass is 16.5. The van der Waals surface area contributed by atoms with Gasteiger partial charge in [0.1, 0.15) is 30.1 Å². The van der Waals surface area contributed by atoms with Gasteiger partial charge in [0.2, 0.25) is 0 Å². The Morgan fingerprint density at radius 2 is 1.83 bits per heavy atom. The fraction of sp³-hybridized carbons (Fsp3) is 0.174. The van der Waals surface area contributed by atoms with Crippen molar-refractivity contribution in [3.63, 3.8) is 0 Å². The number of nitrogens with one attached hydrogen (secondary N) is 1. The molecular formula is C23H21N3O4. The van der Waals surface area contributed by atoms with Crippen LogP contribution in [0.25, 0.3) is 11.3 Å². The van der Waals surface area contributed by atoms with Gasteiger partial charge in [-0.15, -0.1) is 0 Å². The second-order valence-electron chi connectivity index (χ2n) is 6.87. The lowest BCUT2D eigenvalue weighted by Gasteiger charge is -2.12. The van der Waals surface area contributed by atoms with Crippen LogP contribution in [0.5, 0.6) is 5.75 Å². The van der Waals surface area contributed by atoms with E-state index in [4.69, 9.17) is 13.7 Å². The summed E-state index contributed by atoms with van der Waals surface area (Å²) in [6.07, 6.45) is 1.61. The number of nitrogens with zero attached hydrogens (tertiary/aromatic N) is 2. The lowest BCUT2D eigenvalue weighted by Crippen LogP contribution is -2.13. The van der Waals surface area contributed by atoms with Crippen LogP contribution in [0.15, 0.2) is 63.7 Å². The zero-order chi connectivity index (χ0) is 21.1. The van der Waals surface area contributed by atoms with Crippen LogP contribution in [0.1, 0.15) is 33.3 Å². The summed E-state index contributed by atoms with van der Waals surface area (Å²) in [4.78, 5) is 17.1. The van der Waals surface area contributed by atoms with Gasteiger partial charge in [-0.2, -0.15) is 0 Å². The van der Waals surface area contributed by atoms with Gasteiger partial charge in [-0.25, -0.2) is 4.98 Å². The van der Waals surface area contributed by atoms with Gasteiger partial charge in [-0.1, -0.05) is 29.4 Å². The molecule has 1 N–H and O–H groups in total. The summed E-state index contributed by atoms with van der Waals surface area (Å²) in [6.45, 7) is 5.76. The minimum Gasteiger partial charge on any atom is -0.488 e. The van der Waals surface area contributed by atoms with E-state index in [0.717, 1.165) is 22.5 Å². The number of oxazole rings is 1. The Kier molecular flexibility index (Phi) is 5.34. The molecular weight excluding hydrogens is 382 g/mol. The van der Waals surface area contributed by atoms with Crippen molar-refractivity contribution in [3.8, 4) is 17.0 Å². The molecule has 0 radical (unpaired) electrons. The summed E-state index contributed by atoms with van der Waals surface area (Å²) in [7, 11) is 0. The maximum Gasteiger partial charge on any atom is 0.259 e. The fourth-order valence-electron chi connectivity index (χ4n) is 3.06. The predicted molar refractivity (Wildman–Crippen MR) is 111 cm³/mol. The molecule has 0 aliphatic rings. The van der Waals surface area contributed by atoms with E-state index in [9.17, 15) is 4.79 Å². The number of aromatic nitrogens is 2. The van der Waals surface area contributed by atoms with Crippen LogP contribution in [-0.2, 0) is 6.61 Å². The summed E-state index contributed by atoms with van der Waals surface area (Å²) in [5, 5.41) is 6.83. The second kappa shape index (κ2) is 8.24. The highest BCUT2D eigenvalue weighted by molar-refractivity contribution is 6.06. The summed E-state index contributed by atoms with van der Waals surface area (Å²) >= 11 is 0. The summed E-state index contributed by atoms with van der Waals surface area (Å²) < 4.78 is 16.3. The molecule has 152 valence electrons. The maximum atomic E-state index is 12.8. The Labute approximate surface area is 173 Å². The molecule has 0 aliphatic carbocycles. The fourth-order valence-corrected chi connectivity index (χ4v) is 3.06. The summed E-state index contributed by atoms with van der Waals surface area (Å²) in [5.41, 5.74) is 4.43. The molecule has 0 spiro atoms. The highest BCUT2D eigenvalue weighted by Crippen LogP contribution is 2.24. The minimum atomic E-state index is -0.255. The van der Waals surface area contributed by atoms with Gasteiger partial charge in [0.05, 0.1) is 16.8 Å². The number of hydrogen-bond donors (Lipinski definition) is 1. The van der Waals surface area contributed by atoms with Gasteiger partial charge in [0, 0.05) is 18.2 Å². The number of para-hydroxylation sites is 1. The van der Waals surface area contributed by atoms with E-state index in [1.54, 1.807) is 31.4 Å². The highest BCUT2D eigenvalue weighted by Gasteiger charge is 2.15. The van der Waals surface area contributed by atoms with Crippen LogP contribution in [0.2, 0.25) is 0 Å². The molecule has 7 heteroatoms. The third-order valence-corrected chi connectivity index (χ3v) is 4.74. The molecule has 0 aliphatic heterocycles. The largest absolute Gasteiger partial charge is 0.488 e. The molecule has 4 rings (SSSR count). The van der Waals surface area contributed by atoms with E-state index >= 15 is 0 Å². The normalized spacial score (nSPS) is 10.8. The number of amides is 1. The molecule has 4 aromatic rings. The molecule has 1 amide bonds. The Balaban J connectivity index is 1.47. The third-order valence-electron chi connectivity index (χ3n) is 4.74. The molecule has 0 fully saturated rings. The van der Waals surface area contributed by atoms with Gasteiger partial charge in [-0.3, -0.25) is 4.79 Å². The first-order chi connectivity index (χ1) is 14.5. The van der Waals surface area contributed by atoms with Gasteiger partial charge in [0.25, 0.3) is 5.91 Å². The van der Waals surface area contributed by atoms with E-state index in [1.165, 1.54) is 0 Å². The van der Waals surface area contributed by atoms with Crippen molar-refractivity contribution in [1.82, 2.24) is 10.1 Å². The van der Waals surface area contributed by atoms with Crippen LogP contribution in [-0.4, -0.2) is 16.0 Å². The average molecular weight is 403 g/mol. The van der Waals surface area contributed by atoms with Crippen LogP contribution >= 0.6 is 0 Å². The Morgan fingerprint density at radius 3 is 2.50 bits per heavy atom. The van der Waals surface area contributed by atoms with Crippen molar-refractivity contribution in [3.05, 3.63) is 83.3 Å². The van der Waals surface area contributed by atoms with E-state index in [-0.39, 0.29) is 12.5 Å². The topological polar surface area (TPSA) is 90.4 Å². The molecule has 0 saturated carbocycles. The monoisotopic (exact) mass is 403 g/mol. The third kappa shape index (κ3) is 4.10. The molecule has 2 heterocycles. The average Bonchev–Trinajstić information content (AvgIpc) is 3.32. The molecule has 0 saturated heterocycles.